The van der Waals surface area contributed by atoms with Gasteiger partial charge in [0.15, 0.2) is 18.1 Å². The predicted molar refractivity (Wildman–Crippen MR) is 86.2 cm³/mol. The smallest absolute Gasteiger partial charge is 0.258 e. The molecule has 0 radical (unpaired) electrons. The Morgan fingerprint density at radius 3 is 2.57 bits per heavy atom. The largest absolute Gasteiger partial charge is 0.493 e. The Labute approximate surface area is 135 Å². The van der Waals surface area contributed by atoms with Gasteiger partial charge >= 0.3 is 0 Å². The fourth-order valence-electron chi connectivity index (χ4n) is 1.96. The van der Waals surface area contributed by atoms with Crippen LogP contribution < -0.4 is 14.8 Å². The molecule has 0 aliphatic heterocycles. The van der Waals surface area contributed by atoms with Crippen molar-refractivity contribution in [2.75, 3.05) is 13.7 Å². The Balaban J connectivity index is 1.87. The quantitative estimate of drug-likeness (QED) is 0.890. The SMILES string of the molecule is COc1cc(C#N)ccc1OCC(=O)NCc1ccc(C)cc1. The average molecular weight is 310 g/mol. The molecule has 118 valence electrons. The molecule has 1 amide bonds. The lowest BCUT2D eigenvalue weighted by Crippen LogP contribution is -2.28. The summed E-state index contributed by atoms with van der Waals surface area (Å²) in [5, 5.41) is 11.6. The van der Waals surface area contributed by atoms with Crippen LogP contribution >= 0.6 is 0 Å². The average Bonchev–Trinajstić information content (AvgIpc) is 2.59. The van der Waals surface area contributed by atoms with Gasteiger partial charge in [-0.25, -0.2) is 0 Å². The number of nitrogens with one attached hydrogen (secondary N) is 1. The fourth-order valence-corrected chi connectivity index (χ4v) is 1.96. The lowest BCUT2D eigenvalue weighted by Gasteiger charge is -2.11. The molecule has 0 unspecified atom stereocenters. The van der Waals surface area contributed by atoms with Gasteiger partial charge in [-0.1, -0.05) is 29.8 Å². The second-order valence-corrected chi connectivity index (χ2v) is 5.03. The molecule has 0 aliphatic carbocycles. The van der Waals surface area contributed by atoms with Gasteiger partial charge in [0.05, 0.1) is 18.7 Å². The molecule has 0 saturated carbocycles. The van der Waals surface area contributed by atoms with Crippen molar-refractivity contribution in [2.24, 2.45) is 0 Å². The maximum Gasteiger partial charge on any atom is 0.258 e. The number of nitriles is 1. The van der Waals surface area contributed by atoms with Gasteiger partial charge in [-0.05, 0) is 24.6 Å². The van der Waals surface area contributed by atoms with Gasteiger partial charge in [-0.15, -0.1) is 0 Å². The third-order valence-electron chi connectivity index (χ3n) is 3.26. The van der Waals surface area contributed by atoms with Crippen LogP contribution in [0.3, 0.4) is 0 Å². The third kappa shape index (κ3) is 4.75. The van der Waals surface area contributed by atoms with Crippen LogP contribution in [-0.4, -0.2) is 19.6 Å². The molecule has 0 saturated heterocycles. The van der Waals surface area contributed by atoms with Crippen molar-refractivity contribution in [3.05, 3.63) is 59.2 Å². The lowest BCUT2D eigenvalue weighted by molar-refractivity contribution is -0.123. The molecule has 0 heterocycles. The van der Waals surface area contributed by atoms with Crippen LogP contribution in [0.4, 0.5) is 0 Å². The van der Waals surface area contributed by atoms with Crippen LogP contribution in [-0.2, 0) is 11.3 Å². The van der Waals surface area contributed by atoms with Crippen molar-refractivity contribution in [3.63, 3.8) is 0 Å². The van der Waals surface area contributed by atoms with Crippen LogP contribution in [0.5, 0.6) is 11.5 Å². The van der Waals surface area contributed by atoms with Gasteiger partial charge in [0, 0.05) is 12.6 Å². The minimum Gasteiger partial charge on any atom is -0.493 e. The van der Waals surface area contributed by atoms with E-state index in [1.54, 1.807) is 18.2 Å². The van der Waals surface area contributed by atoms with E-state index in [0.717, 1.165) is 5.56 Å². The molecule has 0 spiro atoms. The van der Waals surface area contributed by atoms with Crippen LogP contribution in [0, 0.1) is 18.3 Å². The van der Waals surface area contributed by atoms with Gasteiger partial charge in [-0.2, -0.15) is 5.26 Å². The number of rotatable bonds is 6. The van der Waals surface area contributed by atoms with E-state index in [-0.39, 0.29) is 12.5 Å². The number of amides is 1. The lowest BCUT2D eigenvalue weighted by atomic mass is 10.1. The highest BCUT2D eigenvalue weighted by Crippen LogP contribution is 2.27. The van der Waals surface area contributed by atoms with Gasteiger partial charge in [0.2, 0.25) is 0 Å². The summed E-state index contributed by atoms with van der Waals surface area (Å²) in [6.45, 7) is 2.35. The van der Waals surface area contributed by atoms with Crippen molar-refractivity contribution >= 4 is 5.91 Å². The first-order valence-corrected chi connectivity index (χ1v) is 7.15. The highest BCUT2D eigenvalue weighted by molar-refractivity contribution is 5.77. The van der Waals surface area contributed by atoms with Gasteiger partial charge in [-0.3, -0.25) is 4.79 Å². The first-order valence-electron chi connectivity index (χ1n) is 7.15. The molecule has 0 aliphatic rings. The number of nitrogens with zero attached hydrogens (tertiary/aromatic N) is 1. The molecule has 2 aromatic carbocycles. The van der Waals surface area contributed by atoms with E-state index in [1.165, 1.54) is 12.7 Å². The Kier molecular flexibility index (Phi) is 5.59. The fraction of sp³-hybridized carbons (Fsp3) is 0.222. The number of benzene rings is 2. The first kappa shape index (κ1) is 16.4. The van der Waals surface area contributed by atoms with Gasteiger partial charge in [0.1, 0.15) is 0 Å². The normalized spacial score (nSPS) is 9.78. The van der Waals surface area contributed by atoms with Crippen molar-refractivity contribution in [1.82, 2.24) is 5.32 Å². The molecule has 2 rings (SSSR count). The zero-order valence-electron chi connectivity index (χ0n) is 13.1. The molecule has 0 aromatic heterocycles. The van der Waals surface area contributed by atoms with Crippen LogP contribution in [0.2, 0.25) is 0 Å². The van der Waals surface area contributed by atoms with Crippen LogP contribution in [0.25, 0.3) is 0 Å². The van der Waals surface area contributed by atoms with E-state index >= 15 is 0 Å². The van der Waals surface area contributed by atoms with E-state index in [9.17, 15) is 4.79 Å². The maximum atomic E-state index is 11.9. The summed E-state index contributed by atoms with van der Waals surface area (Å²) in [4.78, 5) is 11.9. The van der Waals surface area contributed by atoms with E-state index in [1.807, 2.05) is 37.3 Å². The topological polar surface area (TPSA) is 71.3 Å². The number of methoxy groups -OCH3 is 1. The number of carbonyl (C=O) groups is 1. The molecule has 0 fully saturated rings. The van der Waals surface area contributed by atoms with Crippen molar-refractivity contribution < 1.29 is 14.3 Å². The third-order valence-corrected chi connectivity index (χ3v) is 3.26. The van der Waals surface area contributed by atoms with E-state index in [2.05, 4.69) is 5.32 Å². The summed E-state index contributed by atoms with van der Waals surface area (Å²) in [7, 11) is 1.49. The Morgan fingerprint density at radius 2 is 1.91 bits per heavy atom. The Morgan fingerprint density at radius 1 is 1.17 bits per heavy atom. The second-order valence-electron chi connectivity index (χ2n) is 5.03. The molecular weight excluding hydrogens is 292 g/mol. The number of ether oxygens (including phenoxy) is 2. The Hall–Kier alpha value is -3.00. The predicted octanol–water partition coefficient (Wildman–Crippen LogP) is 2.57. The summed E-state index contributed by atoms with van der Waals surface area (Å²) in [5.41, 5.74) is 2.68. The molecule has 5 heteroatoms. The molecule has 2 aromatic rings. The number of hydrogen-bond acceptors (Lipinski definition) is 4. The zero-order valence-corrected chi connectivity index (χ0v) is 13.1. The standard InChI is InChI=1S/C18H18N2O3/c1-13-3-5-14(6-4-13)11-20-18(21)12-23-16-8-7-15(10-19)9-17(16)22-2/h3-9H,11-12H2,1-2H3,(H,20,21). The summed E-state index contributed by atoms with van der Waals surface area (Å²) in [5.74, 6) is 0.629. The highest BCUT2D eigenvalue weighted by Gasteiger charge is 2.08. The van der Waals surface area contributed by atoms with E-state index in [0.29, 0.717) is 23.6 Å². The molecule has 23 heavy (non-hydrogen) atoms. The van der Waals surface area contributed by atoms with Crippen molar-refractivity contribution in [1.29, 1.82) is 5.26 Å². The number of aryl methyl sites for hydroxylation is 1. The first-order chi connectivity index (χ1) is 11.1. The number of carbonyl (C=O) groups excluding carboxylic acids is 1. The molecule has 0 atom stereocenters. The van der Waals surface area contributed by atoms with Crippen molar-refractivity contribution in [2.45, 2.75) is 13.5 Å². The highest BCUT2D eigenvalue weighted by atomic mass is 16.5. The second kappa shape index (κ2) is 7.85. The Bertz CT molecular complexity index is 718. The van der Waals surface area contributed by atoms with E-state index in [4.69, 9.17) is 14.7 Å². The molecular formula is C18H18N2O3. The minimum atomic E-state index is -0.225. The summed E-state index contributed by atoms with van der Waals surface area (Å²) in [6, 6.07) is 14.8. The summed E-state index contributed by atoms with van der Waals surface area (Å²) in [6.07, 6.45) is 0. The van der Waals surface area contributed by atoms with E-state index < -0.39 is 0 Å². The minimum absolute atomic E-state index is 0.117. The monoisotopic (exact) mass is 310 g/mol. The molecule has 0 bridgehead atoms. The number of hydrogen-bond donors (Lipinski definition) is 1. The van der Waals surface area contributed by atoms with Crippen LogP contribution in [0.15, 0.2) is 42.5 Å². The summed E-state index contributed by atoms with van der Waals surface area (Å²) >= 11 is 0. The van der Waals surface area contributed by atoms with Crippen LogP contribution in [0.1, 0.15) is 16.7 Å². The van der Waals surface area contributed by atoms with Crippen molar-refractivity contribution in [3.8, 4) is 17.6 Å². The van der Waals surface area contributed by atoms with Gasteiger partial charge < -0.3 is 14.8 Å². The maximum absolute atomic E-state index is 11.9. The zero-order chi connectivity index (χ0) is 16.7. The summed E-state index contributed by atoms with van der Waals surface area (Å²) < 4.78 is 10.6. The molecule has 5 nitrogen and oxygen atoms in total. The van der Waals surface area contributed by atoms with Gasteiger partial charge in [0.25, 0.3) is 5.91 Å². The molecule has 1 N–H and O–H groups in total.